The van der Waals surface area contributed by atoms with Crippen LogP contribution in [0.25, 0.3) is 27.6 Å². The molecule has 0 spiro atoms. The molecule has 5 rings (SSSR count). The number of alkyl halides is 3. The number of hydrogen-bond donors (Lipinski definition) is 1. The van der Waals surface area contributed by atoms with E-state index in [0.29, 0.717) is 28.4 Å². The first-order valence-corrected chi connectivity index (χ1v) is 11.0. The van der Waals surface area contributed by atoms with Gasteiger partial charge in [0.2, 0.25) is 0 Å². The van der Waals surface area contributed by atoms with Gasteiger partial charge in [0.25, 0.3) is 0 Å². The van der Waals surface area contributed by atoms with E-state index >= 15 is 0 Å². The molecule has 0 bridgehead atoms. The van der Waals surface area contributed by atoms with E-state index in [0.717, 1.165) is 22.7 Å². The van der Waals surface area contributed by atoms with Crippen molar-refractivity contribution < 1.29 is 13.2 Å². The van der Waals surface area contributed by atoms with Gasteiger partial charge in [-0.3, -0.25) is 4.57 Å². The Balaban J connectivity index is 1.55. The van der Waals surface area contributed by atoms with Crippen LogP contribution in [0.2, 0.25) is 0 Å². The van der Waals surface area contributed by atoms with Gasteiger partial charge >= 0.3 is 6.18 Å². The minimum absolute atomic E-state index is 0.172. The van der Waals surface area contributed by atoms with Crippen LogP contribution < -0.4 is 5.32 Å². The fourth-order valence-electron chi connectivity index (χ4n) is 3.17. The van der Waals surface area contributed by atoms with Gasteiger partial charge in [0.05, 0.1) is 16.1 Å². The zero-order chi connectivity index (χ0) is 21.4. The summed E-state index contributed by atoms with van der Waals surface area (Å²) in [7, 11) is 0. The van der Waals surface area contributed by atoms with Crippen molar-refractivity contribution in [3.05, 3.63) is 76.1 Å². The van der Waals surface area contributed by atoms with Crippen molar-refractivity contribution in [1.29, 1.82) is 0 Å². The molecular formula is C21H14F3N5S2. The Kier molecular flexibility index (Phi) is 4.95. The van der Waals surface area contributed by atoms with E-state index in [1.165, 1.54) is 17.4 Å². The summed E-state index contributed by atoms with van der Waals surface area (Å²) in [5, 5.41) is 9.05. The van der Waals surface area contributed by atoms with Gasteiger partial charge in [0.1, 0.15) is 6.33 Å². The number of thiophene rings is 2. The lowest BCUT2D eigenvalue weighted by Gasteiger charge is -2.11. The molecule has 1 aromatic carbocycles. The van der Waals surface area contributed by atoms with Gasteiger partial charge in [-0.2, -0.15) is 24.5 Å². The largest absolute Gasteiger partial charge is 0.416 e. The maximum atomic E-state index is 13.0. The summed E-state index contributed by atoms with van der Waals surface area (Å²) >= 11 is 3.08. The number of nitrogens with zero attached hydrogens (tertiary/aromatic N) is 4. The van der Waals surface area contributed by atoms with Crippen LogP contribution in [0.5, 0.6) is 0 Å². The standard InChI is InChI=1S/C21H14F3N5S2/c22-21(23,24)14-4-1-3-13(9-14)10-25-19-17-20(28-18(27-19)16-5-2-7-31-16)29(12-26-17)15-6-8-30-11-15/h1-9,11-12H,10H2,(H,25,27,28). The van der Waals surface area contributed by atoms with Crippen molar-refractivity contribution in [3.63, 3.8) is 0 Å². The first-order valence-electron chi connectivity index (χ1n) is 9.20. The molecule has 31 heavy (non-hydrogen) atoms. The number of hydrogen-bond acceptors (Lipinski definition) is 6. The highest BCUT2D eigenvalue weighted by Gasteiger charge is 2.30. The molecule has 0 amide bonds. The number of benzene rings is 1. The molecule has 0 saturated carbocycles. The van der Waals surface area contributed by atoms with Crippen molar-refractivity contribution in [2.75, 3.05) is 5.32 Å². The quantitative estimate of drug-likeness (QED) is 0.340. The van der Waals surface area contributed by atoms with E-state index in [1.54, 1.807) is 23.7 Å². The molecule has 10 heteroatoms. The molecule has 4 aromatic heterocycles. The van der Waals surface area contributed by atoms with Crippen molar-refractivity contribution in [1.82, 2.24) is 19.5 Å². The van der Waals surface area contributed by atoms with Gasteiger partial charge in [-0.15, -0.1) is 11.3 Å². The third kappa shape index (κ3) is 3.91. The molecule has 0 fully saturated rings. The van der Waals surface area contributed by atoms with Gasteiger partial charge in [-0.05, 0) is 40.6 Å². The second-order valence-electron chi connectivity index (χ2n) is 6.69. The smallest absolute Gasteiger partial charge is 0.364 e. The lowest BCUT2D eigenvalue weighted by Crippen LogP contribution is -2.08. The number of rotatable bonds is 5. The molecule has 0 aliphatic rings. The van der Waals surface area contributed by atoms with Gasteiger partial charge < -0.3 is 5.32 Å². The number of fused-ring (bicyclic) bond motifs is 1. The summed E-state index contributed by atoms with van der Waals surface area (Å²) in [5.41, 5.74) is 1.94. The van der Waals surface area contributed by atoms with Crippen molar-refractivity contribution in [2.45, 2.75) is 12.7 Å². The molecule has 0 atom stereocenters. The number of anilines is 1. The van der Waals surface area contributed by atoms with Crippen LogP contribution >= 0.6 is 22.7 Å². The molecule has 0 unspecified atom stereocenters. The first kappa shape index (κ1) is 19.7. The van der Waals surface area contributed by atoms with Gasteiger partial charge in [-0.25, -0.2) is 15.0 Å². The fourth-order valence-corrected chi connectivity index (χ4v) is 4.45. The molecule has 0 aliphatic carbocycles. The highest BCUT2D eigenvalue weighted by atomic mass is 32.1. The van der Waals surface area contributed by atoms with Gasteiger partial charge in [-0.1, -0.05) is 18.2 Å². The van der Waals surface area contributed by atoms with Crippen LogP contribution in [0.1, 0.15) is 11.1 Å². The van der Waals surface area contributed by atoms with E-state index in [4.69, 9.17) is 4.98 Å². The molecule has 0 saturated heterocycles. The Bertz CT molecular complexity index is 1330. The Morgan fingerprint density at radius 1 is 1.03 bits per heavy atom. The molecule has 156 valence electrons. The number of imidazole rings is 1. The summed E-state index contributed by atoms with van der Waals surface area (Å²) in [5.74, 6) is 1.01. The van der Waals surface area contributed by atoms with E-state index < -0.39 is 11.7 Å². The third-order valence-corrected chi connectivity index (χ3v) is 6.17. The van der Waals surface area contributed by atoms with Crippen LogP contribution in [0.15, 0.2) is 64.9 Å². The second-order valence-corrected chi connectivity index (χ2v) is 8.42. The van der Waals surface area contributed by atoms with Crippen LogP contribution in [-0.4, -0.2) is 19.5 Å². The number of halogens is 3. The summed E-state index contributed by atoms with van der Waals surface area (Å²) < 4.78 is 41.0. The maximum Gasteiger partial charge on any atom is 0.416 e. The van der Waals surface area contributed by atoms with Crippen molar-refractivity contribution in [2.24, 2.45) is 0 Å². The first-order chi connectivity index (χ1) is 15.0. The summed E-state index contributed by atoms with van der Waals surface area (Å²) in [4.78, 5) is 14.7. The van der Waals surface area contributed by atoms with Crippen LogP contribution in [-0.2, 0) is 12.7 Å². The van der Waals surface area contributed by atoms with Crippen LogP contribution in [0.4, 0.5) is 19.0 Å². The van der Waals surface area contributed by atoms with E-state index in [1.807, 2.05) is 38.9 Å². The molecule has 0 radical (unpaired) electrons. The van der Waals surface area contributed by atoms with Gasteiger partial charge in [0.15, 0.2) is 22.8 Å². The predicted molar refractivity (Wildman–Crippen MR) is 117 cm³/mol. The lowest BCUT2D eigenvalue weighted by molar-refractivity contribution is -0.137. The summed E-state index contributed by atoms with van der Waals surface area (Å²) in [6.07, 6.45) is -2.71. The Morgan fingerprint density at radius 2 is 1.94 bits per heavy atom. The normalized spacial score (nSPS) is 11.8. The molecule has 5 nitrogen and oxygen atoms in total. The van der Waals surface area contributed by atoms with Crippen molar-refractivity contribution >= 4 is 39.7 Å². The SMILES string of the molecule is FC(F)(F)c1cccc(CNc2nc(-c3cccs3)nc3c2ncn3-c2ccsc2)c1. The topological polar surface area (TPSA) is 55.6 Å². The number of nitrogens with one attached hydrogen (secondary N) is 1. The highest BCUT2D eigenvalue weighted by Crippen LogP contribution is 2.31. The van der Waals surface area contributed by atoms with E-state index in [-0.39, 0.29) is 6.54 Å². The highest BCUT2D eigenvalue weighted by molar-refractivity contribution is 7.13. The maximum absolute atomic E-state index is 13.0. The molecule has 0 aliphatic heterocycles. The fraction of sp³-hybridized carbons (Fsp3) is 0.0952. The third-order valence-electron chi connectivity index (χ3n) is 4.64. The summed E-state index contributed by atoms with van der Waals surface area (Å²) in [6, 6.07) is 11.0. The molecule has 5 aromatic rings. The molecule has 4 heterocycles. The Morgan fingerprint density at radius 3 is 2.68 bits per heavy atom. The van der Waals surface area contributed by atoms with Crippen molar-refractivity contribution in [3.8, 4) is 16.4 Å². The molecule has 1 N–H and O–H groups in total. The van der Waals surface area contributed by atoms with E-state index in [2.05, 4.69) is 15.3 Å². The van der Waals surface area contributed by atoms with E-state index in [9.17, 15) is 13.2 Å². The Hall–Kier alpha value is -3.24. The monoisotopic (exact) mass is 457 g/mol. The Labute approximate surface area is 182 Å². The lowest BCUT2D eigenvalue weighted by atomic mass is 10.1. The number of aromatic nitrogens is 4. The minimum atomic E-state index is -4.39. The van der Waals surface area contributed by atoms with Crippen LogP contribution in [0.3, 0.4) is 0 Å². The molecular weight excluding hydrogens is 443 g/mol. The van der Waals surface area contributed by atoms with Gasteiger partial charge in [0, 0.05) is 11.9 Å². The second kappa shape index (κ2) is 7.78. The van der Waals surface area contributed by atoms with Crippen LogP contribution in [0, 0.1) is 0 Å². The average Bonchev–Trinajstić information content (AvgIpc) is 3.52. The zero-order valence-electron chi connectivity index (χ0n) is 15.8. The predicted octanol–water partition coefficient (Wildman–Crippen LogP) is 6.24. The summed E-state index contributed by atoms with van der Waals surface area (Å²) in [6.45, 7) is 0.172. The average molecular weight is 458 g/mol. The minimum Gasteiger partial charge on any atom is -0.364 e. The zero-order valence-corrected chi connectivity index (χ0v) is 17.4.